The van der Waals surface area contributed by atoms with E-state index in [1.165, 1.54) is 13.8 Å². The Bertz CT molecular complexity index is 2580. The molecule has 4 aromatic rings. The summed E-state index contributed by atoms with van der Waals surface area (Å²) in [5.41, 5.74) is 3.98. The zero-order chi connectivity index (χ0) is 42.8. The lowest BCUT2D eigenvalue weighted by atomic mass is 9.95. The Balaban J connectivity index is 1.51. The summed E-state index contributed by atoms with van der Waals surface area (Å²) >= 11 is 4.42. The summed E-state index contributed by atoms with van der Waals surface area (Å²) in [7, 11) is 0. The lowest BCUT2D eigenvalue weighted by Gasteiger charge is -2.08. The third kappa shape index (κ3) is 11.1. The van der Waals surface area contributed by atoms with Gasteiger partial charge in [-0.25, -0.2) is 9.59 Å². The van der Waals surface area contributed by atoms with Gasteiger partial charge in [-0.15, -0.1) is 0 Å². The van der Waals surface area contributed by atoms with E-state index in [0.717, 1.165) is 56.8 Å². The van der Waals surface area contributed by atoms with Crippen molar-refractivity contribution in [3.8, 4) is 23.7 Å². The van der Waals surface area contributed by atoms with E-state index in [9.17, 15) is 28.8 Å². The maximum absolute atomic E-state index is 13.6. The molecule has 0 aromatic heterocycles. The number of fused-ring (bicyclic) bond motifs is 1. The Labute approximate surface area is 365 Å². The summed E-state index contributed by atoms with van der Waals surface area (Å²) in [6, 6.07) is 24.7. The van der Waals surface area contributed by atoms with E-state index in [0.29, 0.717) is 61.6 Å². The molecule has 60 heavy (non-hydrogen) atoms. The Morgan fingerprint density at radius 3 is 1.42 bits per heavy atom. The predicted molar refractivity (Wildman–Crippen MR) is 240 cm³/mol. The van der Waals surface area contributed by atoms with Crippen LogP contribution >= 0.6 is 47.0 Å². The molecule has 0 fully saturated rings. The highest BCUT2D eigenvalue weighted by Crippen LogP contribution is 2.51. The first-order valence-corrected chi connectivity index (χ1v) is 22.1. The Morgan fingerprint density at radius 2 is 1.02 bits per heavy atom. The highest BCUT2D eigenvalue weighted by Gasteiger charge is 2.34. The van der Waals surface area contributed by atoms with Gasteiger partial charge in [0.25, 0.3) is 0 Å². The number of rotatable bonds is 10. The number of ether oxygens (including phenoxy) is 2. The number of hydrogen-bond acceptors (Lipinski definition) is 12. The molecule has 0 bridgehead atoms. The van der Waals surface area contributed by atoms with Crippen LogP contribution in [-0.4, -0.2) is 46.9 Å². The molecule has 300 valence electrons. The van der Waals surface area contributed by atoms with Crippen LogP contribution < -0.4 is 0 Å². The lowest BCUT2D eigenvalue weighted by molar-refractivity contribution is -0.141. The van der Waals surface area contributed by atoms with E-state index >= 15 is 0 Å². The fraction of sp³-hybridized carbons (Fsp3) is 0.167. The van der Waals surface area contributed by atoms with Gasteiger partial charge in [0.1, 0.15) is 9.81 Å². The molecule has 0 amide bonds. The molecule has 12 heteroatoms. The first-order chi connectivity index (χ1) is 28.9. The van der Waals surface area contributed by atoms with Crippen LogP contribution in [0, 0.1) is 23.7 Å². The minimum Gasteiger partial charge on any atom is -0.462 e. The van der Waals surface area contributed by atoms with Crippen LogP contribution in [0.3, 0.4) is 0 Å². The molecule has 1 aliphatic heterocycles. The fourth-order valence-electron chi connectivity index (χ4n) is 5.76. The molecular formula is C48H36O8S4. The molecule has 0 radical (unpaired) electrons. The molecule has 1 aliphatic carbocycles. The molecule has 8 nitrogen and oxygen atoms in total. The van der Waals surface area contributed by atoms with E-state index in [2.05, 4.69) is 23.7 Å². The highest BCUT2D eigenvalue weighted by atomic mass is 32.2. The zero-order valence-corrected chi connectivity index (χ0v) is 36.2. The second-order valence-electron chi connectivity index (χ2n) is 13.1. The molecule has 4 aromatic carbocycles. The maximum Gasteiger partial charge on any atom is 0.346 e. The van der Waals surface area contributed by atoms with Crippen molar-refractivity contribution in [3.63, 3.8) is 0 Å². The van der Waals surface area contributed by atoms with Crippen LogP contribution in [0.25, 0.3) is 12.2 Å². The fourth-order valence-corrected chi connectivity index (χ4v) is 9.30. The molecular weight excluding hydrogens is 833 g/mol. The number of benzene rings is 4. The average Bonchev–Trinajstić information content (AvgIpc) is 3.76. The number of carbonyl (C=O) groups is 6. The smallest absolute Gasteiger partial charge is 0.346 e. The van der Waals surface area contributed by atoms with Crippen LogP contribution in [0.1, 0.15) is 94.6 Å². The number of hydrogen-bond donors (Lipinski definition) is 0. The third-order valence-corrected chi connectivity index (χ3v) is 12.5. The summed E-state index contributed by atoms with van der Waals surface area (Å²) in [5, 5.41) is -0.0781. The molecule has 0 saturated carbocycles. The zero-order valence-electron chi connectivity index (χ0n) is 33.0. The third-order valence-electron chi connectivity index (χ3n) is 8.47. The second kappa shape index (κ2) is 20.5. The molecule has 0 atom stereocenters. The SMILES string of the molecule is CCCOC(=O)C1=C(C(=O)OCCC)SC(=Cc2cc(C#Cc3ccc(SC(C)=O)cc3)c(C=C3C(=O)c4ccccc4C3=O)cc2C#Cc2ccc(SC(C)=O)cc2)S1. The lowest BCUT2D eigenvalue weighted by Crippen LogP contribution is -2.12. The first kappa shape index (κ1) is 43.8. The Kier molecular flexibility index (Phi) is 14.9. The number of allylic oxidation sites excluding steroid dienone is 1. The van der Waals surface area contributed by atoms with E-state index < -0.39 is 23.5 Å². The van der Waals surface area contributed by atoms with Crippen LogP contribution in [0.2, 0.25) is 0 Å². The second-order valence-corrected chi connectivity index (χ2v) is 18.0. The highest BCUT2D eigenvalue weighted by molar-refractivity contribution is 8.29. The van der Waals surface area contributed by atoms with Crippen LogP contribution in [0.4, 0.5) is 0 Å². The molecule has 0 spiro atoms. The van der Waals surface area contributed by atoms with Gasteiger partial charge in [0, 0.05) is 57.0 Å². The number of Topliss-reactive ketones (excluding diaryl/α,β-unsaturated/α-hetero) is 2. The summed E-state index contributed by atoms with van der Waals surface area (Å²) in [4.78, 5) is 78.7. The summed E-state index contributed by atoms with van der Waals surface area (Å²) in [6.45, 7) is 7.12. The van der Waals surface area contributed by atoms with Crippen LogP contribution in [-0.2, 0) is 28.7 Å². The standard InChI is InChI=1S/C48H36O8S4/c1-5-23-55-47(53)45-46(48(54)56-24-6-2)60-42(59-45)28-36-26-33(17-11-31-13-19-37(20-14-31)57-29(3)49)35(27-41-43(51)39-9-7-8-10-40(39)44(41)52)25-34(36)18-12-32-15-21-38(22-16-32)58-30(4)50/h7-10,13-16,19-22,25-28H,5-6,23-24H2,1-4H3. The first-order valence-electron chi connectivity index (χ1n) is 18.8. The van der Waals surface area contributed by atoms with Crippen LogP contribution in [0.15, 0.2) is 114 Å². The normalized spacial score (nSPS) is 12.9. The van der Waals surface area contributed by atoms with Gasteiger partial charge in [0.05, 0.1) is 23.0 Å². The van der Waals surface area contributed by atoms with Gasteiger partial charge in [-0.1, -0.05) is 109 Å². The molecule has 0 unspecified atom stereocenters. The van der Waals surface area contributed by atoms with Gasteiger partial charge in [-0.3, -0.25) is 19.2 Å². The van der Waals surface area contributed by atoms with E-state index in [4.69, 9.17) is 9.47 Å². The van der Waals surface area contributed by atoms with Crippen molar-refractivity contribution in [2.45, 2.75) is 50.3 Å². The summed E-state index contributed by atoms with van der Waals surface area (Å²) < 4.78 is 11.4. The van der Waals surface area contributed by atoms with Crippen molar-refractivity contribution in [3.05, 3.63) is 149 Å². The minimum atomic E-state index is -0.624. The topological polar surface area (TPSA) is 121 Å². The molecule has 1 heterocycles. The van der Waals surface area contributed by atoms with Crippen molar-refractivity contribution >= 4 is 92.9 Å². The predicted octanol–water partition coefficient (Wildman–Crippen LogP) is 10.1. The monoisotopic (exact) mass is 868 g/mol. The number of carbonyl (C=O) groups excluding carboxylic acids is 6. The van der Waals surface area contributed by atoms with Gasteiger partial charge in [0.15, 0.2) is 21.8 Å². The van der Waals surface area contributed by atoms with Crippen molar-refractivity contribution in [2.24, 2.45) is 0 Å². The van der Waals surface area contributed by atoms with Crippen molar-refractivity contribution in [1.29, 1.82) is 0 Å². The minimum absolute atomic E-state index is 0.00925. The molecule has 0 N–H and O–H groups in total. The van der Waals surface area contributed by atoms with Crippen LogP contribution in [0.5, 0.6) is 0 Å². The Morgan fingerprint density at radius 1 is 0.600 bits per heavy atom. The van der Waals surface area contributed by atoms with Gasteiger partial charge < -0.3 is 9.47 Å². The molecule has 2 aliphatic rings. The summed E-state index contributed by atoms with van der Waals surface area (Å²) in [5.74, 6) is 10.8. The summed E-state index contributed by atoms with van der Waals surface area (Å²) in [6.07, 6.45) is 4.55. The number of ketones is 2. The van der Waals surface area contributed by atoms with Crippen molar-refractivity contribution < 1.29 is 38.2 Å². The van der Waals surface area contributed by atoms with E-state index in [-0.39, 0.29) is 38.8 Å². The van der Waals surface area contributed by atoms with E-state index in [1.54, 1.807) is 84.9 Å². The van der Waals surface area contributed by atoms with Gasteiger partial charge in [0.2, 0.25) is 0 Å². The van der Waals surface area contributed by atoms with Gasteiger partial charge in [-0.05, 0) is 96.8 Å². The van der Waals surface area contributed by atoms with Gasteiger partial charge in [-0.2, -0.15) is 0 Å². The van der Waals surface area contributed by atoms with Crippen molar-refractivity contribution in [1.82, 2.24) is 0 Å². The molecule has 6 rings (SSSR count). The van der Waals surface area contributed by atoms with Crippen molar-refractivity contribution in [2.75, 3.05) is 13.2 Å². The largest absolute Gasteiger partial charge is 0.462 e. The maximum atomic E-state index is 13.6. The quantitative estimate of drug-likeness (QED) is 0.0496. The van der Waals surface area contributed by atoms with Gasteiger partial charge >= 0.3 is 11.9 Å². The number of thioether (sulfide) groups is 4. The average molecular weight is 869 g/mol. The Hall–Kier alpha value is -5.76. The molecule has 0 saturated heterocycles. The van der Waals surface area contributed by atoms with E-state index in [1.807, 2.05) is 26.0 Å². The number of esters is 2.